The molecule has 1 atom stereocenters. The highest BCUT2D eigenvalue weighted by Gasteiger charge is 2.10. The van der Waals surface area contributed by atoms with Crippen LogP contribution in [0.2, 0.25) is 0 Å². The van der Waals surface area contributed by atoms with Gasteiger partial charge in [0.05, 0.1) is 0 Å². The highest BCUT2D eigenvalue weighted by atomic mass is 79.9. The minimum Gasteiger partial charge on any atom is -0.508 e. The summed E-state index contributed by atoms with van der Waals surface area (Å²) in [5.74, 6) is 0.279. The number of hydrogen-bond acceptors (Lipinski definition) is 2. The number of halogens is 1. The van der Waals surface area contributed by atoms with Crippen LogP contribution >= 0.6 is 15.9 Å². The fraction of sp³-hybridized carbons (Fsp3) is 0.143. The number of nitrogens with two attached hydrogens (primary N) is 1. The molecule has 3 heteroatoms. The van der Waals surface area contributed by atoms with Crippen molar-refractivity contribution in [1.82, 2.24) is 0 Å². The van der Waals surface area contributed by atoms with Gasteiger partial charge >= 0.3 is 0 Å². The molecule has 2 aromatic rings. The molecule has 0 aliphatic heterocycles. The molecule has 0 heterocycles. The second kappa shape index (κ2) is 5.34. The molecular formula is C14H14BrNO. The molecule has 88 valence electrons. The summed E-state index contributed by atoms with van der Waals surface area (Å²) < 4.78 is 1.02. The van der Waals surface area contributed by atoms with Crippen molar-refractivity contribution in [2.75, 3.05) is 0 Å². The molecule has 1 unspecified atom stereocenters. The summed E-state index contributed by atoms with van der Waals surface area (Å²) >= 11 is 3.50. The quantitative estimate of drug-likeness (QED) is 0.910. The molecule has 0 spiro atoms. The Morgan fingerprint density at radius 3 is 2.59 bits per heavy atom. The number of phenolic OH excluding ortho intramolecular Hbond substituents is 1. The highest BCUT2D eigenvalue weighted by Crippen LogP contribution is 2.25. The average Bonchev–Trinajstić information content (AvgIpc) is 2.29. The zero-order valence-corrected chi connectivity index (χ0v) is 10.9. The lowest BCUT2D eigenvalue weighted by molar-refractivity contribution is 0.474. The lowest BCUT2D eigenvalue weighted by atomic mass is 10.00. The van der Waals surface area contributed by atoms with Gasteiger partial charge in [0.2, 0.25) is 0 Å². The second-order valence-electron chi connectivity index (χ2n) is 4.00. The molecule has 0 aliphatic carbocycles. The number of aromatic hydroxyl groups is 1. The molecule has 0 bridgehead atoms. The molecule has 0 radical (unpaired) electrons. The molecule has 0 fully saturated rings. The fourth-order valence-corrected chi connectivity index (χ4v) is 2.40. The fourth-order valence-electron chi connectivity index (χ4n) is 1.82. The Bertz CT molecular complexity index is 513. The van der Waals surface area contributed by atoms with Gasteiger partial charge in [0.15, 0.2) is 0 Å². The monoisotopic (exact) mass is 291 g/mol. The van der Waals surface area contributed by atoms with Crippen LogP contribution in [-0.4, -0.2) is 5.11 Å². The lowest BCUT2D eigenvalue weighted by Crippen LogP contribution is -2.13. The minimum absolute atomic E-state index is 0.0765. The third-order valence-corrected chi connectivity index (χ3v) is 3.39. The van der Waals surface area contributed by atoms with E-state index in [1.165, 1.54) is 0 Å². The van der Waals surface area contributed by atoms with Gasteiger partial charge in [-0.25, -0.2) is 0 Å². The maximum Gasteiger partial charge on any atom is 0.115 e. The van der Waals surface area contributed by atoms with E-state index in [1.54, 1.807) is 12.1 Å². The first-order valence-electron chi connectivity index (χ1n) is 5.45. The van der Waals surface area contributed by atoms with Gasteiger partial charge in [-0.2, -0.15) is 0 Å². The Hall–Kier alpha value is -1.32. The Kier molecular flexibility index (Phi) is 3.82. The molecule has 2 nitrogen and oxygen atoms in total. The average molecular weight is 292 g/mol. The maximum atomic E-state index is 9.40. The zero-order valence-electron chi connectivity index (χ0n) is 9.31. The summed E-state index contributed by atoms with van der Waals surface area (Å²) in [6.45, 7) is 0. The first-order valence-corrected chi connectivity index (χ1v) is 6.24. The van der Waals surface area contributed by atoms with Gasteiger partial charge in [-0.15, -0.1) is 0 Å². The standard InChI is InChI=1S/C14H14BrNO/c15-13-7-2-1-6-12(13)14(16)9-10-4-3-5-11(17)8-10/h1-8,14,17H,9,16H2. The summed E-state index contributed by atoms with van der Waals surface area (Å²) in [7, 11) is 0. The molecule has 0 saturated heterocycles. The van der Waals surface area contributed by atoms with Crippen molar-refractivity contribution in [3.05, 3.63) is 64.1 Å². The van der Waals surface area contributed by atoms with Gasteiger partial charge < -0.3 is 10.8 Å². The van der Waals surface area contributed by atoms with E-state index in [1.807, 2.05) is 36.4 Å². The molecule has 0 aromatic heterocycles. The van der Waals surface area contributed by atoms with Crippen LogP contribution in [0.1, 0.15) is 17.2 Å². The van der Waals surface area contributed by atoms with Crippen LogP contribution in [0.4, 0.5) is 0 Å². The van der Waals surface area contributed by atoms with Crippen LogP contribution in [-0.2, 0) is 6.42 Å². The molecule has 17 heavy (non-hydrogen) atoms. The Morgan fingerprint density at radius 2 is 1.88 bits per heavy atom. The van der Waals surface area contributed by atoms with Crippen LogP contribution in [0.25, 0.3) is 0 Å². The number of phenols is 1. The maximum absolute atomic E-state index is 9.40. The Labute approximate surface area is 109 Å². The summed E-state index contributed by atoms with van der Waals surface area (Å²) in [6.07, 6.45) is 0.705. The summed E-state index contributed by atoms with van der Waals surface area (Å²) in [6, 6.07) is 15.1. The molecule has 0 aliphatic rings. The molecule has 0 amide bonds. The van der Waals surface area contributed by atoms with Gasteiger partial charge in [-0.05, 0) is 35.7 Å². The highest BCUT2D eigenvalue weighted by molar-refractivity contribution is 9.10. The van der Waals surface area contributed by atoms with Crippen LogP contribution < -0.4 is 5.73 Å². The largest absolute Gasteiger partial charge is 0.508 e. The SMILES string of the molecule is NC(Cc1cccc(O)c1)c1ccccc1Br. The summed E-state index contributed by atoms with van der Waals surface area (Å²) in [4.78, 5) is 0. The minimum atomic E-state index is -0.0765. The summed E-state index contributed by atoms with van der Waals surface area (Å²) in [5, 5.41) is 9.40. The summed E-state index contributed by atoms with van der Waals surface area (Å²) in [5.41, 5.74) is 8.28. The predicted octanol–water partition coefficient (Wildman–Crippen LogP) is 3.40. The van der Waals surface area contributed by atoms with Crippen molar-refractivity contribution in [3.63, 3.8) is 0 Å². The van der Waals surface area contributed by atoms with Crippen LogP contribution in [0, 0.1) is 0 Å². The van der Waals surface area contributed by atoms with E-state index < -0.39 is 0 Å². The van der Waals surface area contributed by atoms with Gasteiger partial charge in [0.1, 0.15) is 5.75 Å². The lowest BCUT2D eigenvalue weighted by Gasteiger charge is -2.14. The second-order valence-corrected chi connectivity index (χ2v) is 4.86. The van der Waals surface area contributed by atoms with Crippen LogP contribution in [0.5, 0.6) is 5.75 Å². The van der Waals surface area contributed by atoms with Crippen molar-refractivity contribution in [2.45, 2.75) is 12.5 Å². The van der Waals surface area contributed by atoms with E-state index >= 15 is 0 Å². The van der Waals surface area contributed by atoms with Crippen molar-refractivity contribution >= 4 is 15.9 Å². The predicted molar refractivity (Wildman–Crippen MR) is 72.9 cm³/mol. The van der Waals surface area contributed by atoms with E-state index in [0.29, 0.717) is 6.42 Å². The Morgan fingerprint density at radius 1 is 1.12 bits per heavy atom. The van der Waals surface area contributed by atoms with Gasteiger partial charge in [0, 0.05) is 10.5 Å². The van der Waals surface area contributed by atoms with E-state index in [9.17, 15) is 5.11 Å². The van der Waals surface area contributed by atoms with Gasteiger partial charge in [-0.3, -0.25) is 0 Å². The van der Waals surface area contributed by atoms with Gasteiger partial charge in [0.25, 0.3) is 0 Å². The molecule has 0 saturated carbocycles. The molecule has 2 aromatic carbocycles. The normalized spacial score (nSPS) is 12.4. The number of rotatable bonds is 3. The van der Waals surface area contributed by atoms with E-state index in [4.69, 9.17) is 5.73 Å². The van der Waals surface area contributed by atoms with E-state index in [0.717, 1.165) is 15.6 Å². The van der Waals surface area contributed by atoms with Crippen molar-refractivity contribution in [1.29, 1.82) is 0 Å². The third-order valence-electron chi connectivity index (χ3n) is 2.67. The van der Waals surface area contributed by atoms with Crippen molar-refractivity contribution in [2.24, 2.45) is 5.73 Å². The number of hydrogen-bond donors (Lipinski definition) is 2. The first kappa shape index (κ1) is 12.1. The topological polar surface area (TPSA) is 46.2 Å². The zero-order chi connectivity index (χ0) is 12.3. The van der Waals surface area contributed by atoms with Crippen LogP contribution in [0.15, 0.2) is 53.0 Å². The van der Waals surface area contributed by atoms with E-state index in [2.05, 4.69) is 15.9 Å². The van der Waals surface area contributed by atoms with Crippen molar-refractivity contribution < 1.29 is 5.11 Å². The Balaban J connectivity index is 2.17. The van der Waals surface area contributed by atoms with Gasteiger partial charge in [-0.1, -0.05) is 46.3 Å². The smallest absolute Gasteiger partial charge is 0.115 e. The molecule has 3 N–H and O–H groups in total. The number of benzene rings is 2. The van der Waals surface area contributed by atoms with Crippen molar-refractivity contribution in [3.8, 4) is 5.75 Å². The molecular weight excluding hydrogens is 278 g/mol. The first-order chi connectivity index (χ1) is 8.16. The third kappa shape index (κ3) is 3.08. The van der Waals surface area contributed by atoms with E-state index in [-0.39, 0.29) is 11.8 Å². The molecule has 2 rings (SSSR count). The van der Waals surface area contributed by atoms with Crippen LogP contribution in [0.3, 0.4) is 0 Å².